The Morgan fingerprint density at radius 2 is 1.83 bits per heavy atom. The third-order valence-electron chi connectivity index (χ3n) is 10.7. The standard InChI is InChI=1S/C34H42BF3N4O5/c1-20(2)13-28(35-45-27-15-23-14-25(31(23,3)4)32(27,5)46-35)41-30(44)33(16-21-9-7-6-8-10-21)17-24(42-47-33)19-40-29(43)22-11-12-26(39-18-22)34(36,37)38/h6-12,18,20,23,25,27-28H,13-17,19H2,1-5H3,(H,40,43)(H,41,44)/t23-,25-,27+,28-,32-,33?/m0/s1. The highest BCUT2D eigenvalue weighted by Crippen LogP contribution is 2.65. The molecule has 9 nitrogen and oxygen atoms in total. The molecular formula is C34H42BF3N4O5. The van der Waals surface area contributed by atoms with E-state index < -0.39 is 42.0 Å². The predicted molar refractivity (Wildman–Crippen MR) is 169 cm³/mol. The fourth-order valence-electron chi connectivity index (χ4n) is 7.96. The lowest BCUT2D eigenvalue weighted by atomic mass is 9.43. The molecule has 13 heteroatoms. The van der Waals surface area contributed by atoms with Crippen molar-refractivity contribution in [2.45, 2.75) is 96.1 Å². The summed E-state index contributed by atoms with van der Waals surface area (Å²) in [4.78, 5) is 36.3. The first-order valence-electron chi connectivity index (χ1n) is 16.3. The number of benzene rings is 1. The molecule has 1 aromatic heterocycles. The zero-order chi connectivity index (χ0) is 33.8. The lowest BCUT2D eigenvalue weighted by Crippen LogP contribution is -2.65. The van der Waals surface area contributed by atoms with Gasteiger partial charge in [0.25, 0.3) is 11.8 Å². The van der Waals surface area contributed by atoms with Gasteiger partial charge < -0.3 is 24.8 Å². The summed E-state index contributed by atoms with van der Waals surface area (Å²) in [6, 6.07) is 11.3. The van der Waals surface area contributed by atoms with E-state index in [0.717, 1.165) is 36.7 Å². The van der Waals surface area contributed by atoms with Crippen LogP contribution in [0.25, 0.3) is 0 Å². The van der Waals surface area contributed by atoms with Crippen molar-refractivity contribution in [3.05, 3.63) is 65.5 Å². The first-order valence-corrected chi connectivity index (χ1v) is 16.3. The fraction of sp³-hybridized carbons (Fsp3) is 0.588. The first-order chi connectivity index (χ1) is 22.1. The van der Waals surface area contributed by atoms with Crippen molar-refractivity contribution < 1.29 is 36.9 Å². The van der Waals surface area contributed by atoms with E-state index in [1.807, 2.05) is 30.3 Å². The van der Waals surface area contributed by atoms with Gasteiger partial charge in [0.2, 0.25) is 5.60 Å². The van der Waals surface area contributed by atoms with Gasteiger partial charge in [0, 0.05) is 19.0 Å². The third kappa shape index (κ3) is 6.40. The smallest absolute Gasteiger partial charge is 0.404 e. The van der Waals surface area contributed by atoms with Gasteiger partial charge >= 0.3 is 13.3 Å². The molecular weight excluding hydrogens is 612 g/mol. The molecule has 3 aliphatic carbocycles. The van der Waals surface area contributed by atoms with Crippen LogP contribution in [0.4, 0.5) is 13.2 Å². The van der Waals surface area contributed by atoms with Crippen LogP contribution in [0.5, 0.6) is 0 Å². The van der Waals surface area contributed by atoms with Crippen molar-refractivity contribution in [3.8, 4) is 0 Å². The maximum absolute atomic E-state index is 14.3. The van der Waals surface area contributed by atoms with E-state index in [2.05, 4.69) is 55.4 Å². The molecule has 1 unspecified atom stereocenters. The Hall–Kier alpha value is -3.45. The van der Waals surface area contributed by atoms with E-state index in [4.69, 9.17) is 14.1 Å². The number of hydrogen-bond donors (Lipinski definition) is 2. The molecule has 1 saturated heterocycles. The number of halogens is 3. The molecule has 2 bridgehead atoms. The van der Waals surface area contributed by atoms with Crippen LogP contribution in [0.2, 0.25) is 0 Å². The van der Waals surface area contributed by atoms with Crippen molar-refractivity contribution >= 4 is 24.6 Å². The fourth-order valence-corrected chi connectivity index (χ4v) is 7.96. The van der Waals surface area contributed by atoms with Gasteiger partial charge in [0.05, 0.1) is 35.5 Å². The van der Waals surface area contributed by atoms with Crippen molar-refractivity contribution in [3.63, 3.8) is 0 Å². The monoisotopic (exact) mass is 654 g/mol. The van der Waals surface area contributed by atoms with Gasteiger partial charge in [-0.3, -0.25) is 14.6 Å². The van der Waals surface area contributed by atoms with E-state index in [9.17, 15) is 22.8 Å². The first kappa shape index (κ1) is 33.5. The minimum atomic E-state index is -4.61. The van der Waals surface area contributed by atoms with Crippen molar-refractivity contribution in [1.29, 1.82) is 0 Å². The highest BCUT2D eigenvalue weighted by Gasteiger charge is 2.68. The average molecular weight is 655 g/mol. The molecule has 0 radical (unpaired) electrons. The molecule has 4 fully saturated rings. The van der Waals surface area contributed by atoms with Crippen LogP contribution >= 0.6 is 0 Å². The molecule has 3 heterocycles. The second-order valence-electron chi connectivity index (χ2n) is 14.7. The molecule has 3 saturated carbocycles. The van der Waals surface area contributed by atoms with Gasteiger partial charge in [-0.25, -0.2) is 0 Å². The molecule has 2 amide bonds. The number of oxime groups is 1. The highest BCUT2D eigenvalue weighted by atomic mass is 19.4. The van der Waals surface area contributed by atoms with Gasteiger partial charge in [0.15, 0.2) is 0 Å². The molecule has 6 atom stereocenters. The van der Waals surface area contributed by atoms with Crippen molar-refractivity contribution in [2.24, 2.45) is 28.3 Å². The Labute approximate surface area is 273 Å². The van der Waals surface area contributed by atoms with Gasteiger partial charge in [-0.2, -0.15) is 13.2 Å². The summed E-state index contributed by atoms with van der Waals surface area (Å²) in [5, 5.41) is 10.1. The summed E-state index contributed by atoms with van der Waals surface area (Å²) in [7, 11) is -0.612. The van der Waals surface area contributed by atoms with E-state index >= 15 is 0 Å². The number of carbonyl (C=O) groups is 2. The summed E-state index contributed by atoms with van der Waals surface area (Å²) in [6.07, 6.45) is -0.755. The molecule has 47 heavy (non-hydrogen) atoms. The molecule has 5 aliphatic rings. The summed E-state index contributed by atoms with van der Waals surface area (Å²) in [5.74, 6) is -0.199. The number of aromatic nitrogens is 1. The minimum absolute atomic E-state index is 0.0322. The number of nitrogens with zero attached hydrogens (tertiary/aromatic N) is 2. The number of carbonyl (C=O) groups excluding carboxylic acids is 2. The summed E-state index contributed by atoms with van der Waals surface area (Å²) < 4.78 is 52.0. The Morgan fingerprint density at radius 1 is 1.09 bits per heavy atom. The second-order valence-corrected chi connectivity index (χ2v) is 14.7. The lowest BCUT2D eigenvalue weighted by Gasteiger charge is -2.64. The van der Waals surface area contributed by atoms with Gasteiger partial charge in [-0.05, 0) is 67.1 Å². The second kappa shape index (κ2) is 12.2. The zero-order valence-corrected chi connectivity index (χ0v) is 27.4. The van der Waals surface area contributed by atoms with Crippen LogP contribution in [0.15, 0.2) is 53.8 Å². The van der Waals surface area contributed by atoms with E-state index in [1.165, 1.54) is 0 Å². The predicted octanol–water partition coefficient (Wildman–Crippen LogP) is 5.39. The zero-order valence-electron chi connectivity index (χ0n) is 27.4. The molecule has 2 aliphatic heterocycles. The molecule has 2 aromatic rings. The lowest BCUT2D eigenvalue weighted by molar-refractivity contribution is -0.199. The third-order valence-corrected chi connectivity index (χ3v) is 10.7. The number of amides is 2. The Kier molecular flexibility index (Phi) is 8.70. The summed E-state index contributed by atoms with van der Waals surface area (Å²) in [6.45, 7) is 10.9. The Bertz CT molecular complexity index is 1520. The van der Waals surface area contributed by atoms with Crippen LogP contribution in [0, 0.1) is 23.2 Å². The van der Waals surface area contributed by atoms with Gasteiger partial charge in [-0.1, -0.05) is 63.2 Å². The van der Waals surface area contributed by atoms with Crippen LogP contribution in [-0.4, -0.2) is 59.4 Å². The number of alkyl halides is 3. The van der Waals surface area contributed by atoms with Crippen LogP contribution in [0.1, 0.15) is 81.9 Å². The van der Waals surface area contributed by atoms with Gasteiger partial charge in [0.1, 0.15) is 5.69 Å². The normalized spacial score (nSPS) is 29.8. The Morgan fingerprint density at radius 3 is 2.47 bits per heavy atom. The largest absolute Gasteiger partial charge is 0.481 e. The summed E-state index contributed by atoms with van der Waals surface area (Å²) >= 11 is 0. The van der Waals surface area contributed by atoms with E-state index in [-0.39, 0.29) is 48.3 Å². The minimum Gasteiger partial charge on any atom is -0.404 e. The maximum Gasteiger partial charge on any atom is 0.481 e. The SMILES string of the molecule is CC(C)C[C@H](NC(=O)C1(Cc2ccccc2)CC(CNC(=O)c2ccc(C(F)(F)F)nc2)=NO1)B1O[C@@H]2C[C@@H]3C[C@@H](C3(C)C)[C@]2(C)O1. The number of rotatable bonds is 10. The van der Waals surface area contributed by atoms with E-state index in [0.29, 0.717) is 24.0 Å². The van der Waals surface area contributed by atoms with Crippen molar-refractivity contribution in [1.82, 2.24) is 15.6 Å². The molecule has 7 rings (SSSR count). The molecule has 1 aromatic carbocycles. The molecule has 0 spiro atoms. The number of hydrogen-bond acceptors (Lipinski definition) is 7. The van der Waals surface area contributed by atoms with Crippen LogP contribution in [-0.2, 0) is 31.5 Å². The van der Waals surface area contributed by atoms with Crippen LogP contribution < -0.4 is 10.6 Å². The highest BCUT2D eigenvalue weighted by molar-refractivity contribution is 6.48. The average Bonchev–Trinajstić information content (AvgIpc) is 3.60. The molecule has 2 N–H and O–H groups in total. The maximum atomic E-state index is 14.3. The number of pyridine rings is 1. The van der Waals surface area contributed by atoms with Crippen molar-refractivity contribution in [2.75, 3.05) is 6.54 Å². The number of nitrogens with one attached hydrogen (secondary N) is 2. The summed E-state index contributed by atoms with van der Waals surface area (Å²) in [5.41, 5.74) is -1.47. The molecule has 252 valence electrons. The quantitative estimate of drug-likeness (QED) is 0.333. The topological polar surface area (TPSA) is 111 Å². The van der Waals surface area contributed by atoms with E-state index in [1.54, 1.807) is 0 Å². The Balaban J connectivity index is 1.16. The van der Waals surface area contributed by atoms with Gasteiger partial charge in [-0.15, -0.1) is 0 Å². The van der Waals surface area contributed by atoms with Crippen LogP contribution in [0.3, 0.4) is 0 Å².